The van der Waals surface area contributed by atoms with Gasteiger partial charge in [0.1, 0.15) is 5.75 Å². The van der Waals surface area contributed by atoms with Gasteiger partial charge in [0.2, 0.25) is 5.56 Å². The summed E-state index contributed by atoms with van der Waals surface area (Å²) in [5.41, 5.74) is 3.33. The van der Waals surface area contributed by atoms with Crippen molar-refractivity contribution in [1.29, 1.82) is 0 Å². The normalized spacial score (nSPS) is 10.6. The van der Waals surface area contributed by atoms with Crippen LogP contribution < -0.4 is 15.7 Å². The molecule has 2 rings (SSSR count). The zero-order chi connectivity index (χ0) is 15.2. The van der Waals surface area contributed by atoms with Crippen LogP contribution in [0.15, 0.2) is 52.5 Å². The van der Waals surface area contributed by atoms with Crippen molar-refractivity contribution in [3.05, 3.63) is 64.1 Å². The Hall–Kier alpha value is -2.89. The Morgan fingerprint density at radius 2 is 2.05 bits per heavy atom. The first-order chi connectivity index (χ1) is 10.1. The van der Waals surface area contributed by atoms with Gasteiger partial charge in [-0.05, 0) is 18.2 Å². The van der Waals surface area contributed by atoms with Crippen LogP contribution in [0.25, 0.3) is 0 Å². The van der Waals surface area contributed by atoms with Crippen LogP contribution >= 0.6 is 0 Å². The van der Waals surface area contributed by atoms with Crippen molar-refractivity contribution in [3.8, 4) is 5.75 Å². The number of nitrogens with zero attached hydrogens (tertiary/aromatic N) is 2. The number of aryl methyl sites for hydroxylation is 1. The van der Waals surface area contributed by atoms with Gasteiger partial charge in [-0.15, -0.1) is 0 Å². The number of para-hydroxylation sites is 1. The molecular weight excluding hydrogens is 270 g/mol. The number of benzene rings is 1. The van der Waals surface area contributed by atoms with Gasteiger partial charge in [-0.3, -0.25) is 9.59 Å². The molecule has 0 aliphatic carbocycles. The molecule has 0 spiro atoms. The van der Waals surface area contributed by atoms with E-state index in [9.17, 15) is 9.59 Å². The first-order valence-electron chi connectivity index (χ1n) is 6.25. The van der Waals surface area contributed by atoms with Gasteiger partial charge in [-0.2, -0.15) is 5.10 Å². The molecule has 0 aliphatic rings. The molecular formula is C15H15N3O3. The minimum atomic E-state index is -0.392. The van der Waals surface area contributed by atoms with Crippen LogP contribution in [-0.2, 0) is 7.05 Å². The van der Waals surface area contributed by atoms with Gasteiger partial charge in [0.25, 0.3) is 5.91 Å². The molecule has 0 atom stereocenters. The largest absolute Gasteiger partial charge is 0.496 e. The molecule has 0 bridgehead atoms. The minimum Gasteiger partial charge on any atom is -0.496 e. The molecule has 0 fully saturated rings. The fourth-order valence-corrected chi connectivity index (χ4v) is 1.73. The highest BCUT2D eigenvalue weighted by atomic mass is 16.5. The van der Waals surface area contributed by atoms with Gasteiger partial charge in [0, 0.05) is 24.9 Å². The molecule has 2 aromatic rings. The average Bonchev–Trinajstić information content (AvgIpc) is 2.50. The van der Waals surface area contributed by atoms with Crippen molar-refractivity contribution >= 4 is 12.1 Å². The third kappa shape index (κ3) is 3.56. The van der Waals surface area contributed by atoms with E-state index in [0.29, 0.717) is 11.3 Å². The first kappa shape index (κ1) is 14.5. The molecule has 1 N–H and O–H groups in total. The SMILES string of the molecule is COc1ccccc1/C=N/NC(=O)c1ccc(=O)n(C)c1. The standard InChI is InChI=1S/C15H15N3O3/c1-18-10-12(7-8-14(18)19)15(20)17-16-9-11-5-3-4-6-13(11)21-2/h3-10H,1-2H3,(H,17,20)/b16-9+. The summed E-state index contributed by atoms with van der Waals surface area (Å²) in [6.07, 6.45) is 2.95. The number of rotatable bonds is 4. The fraction of sp³-hybridized carbons (Fsp3) is 0.133. The summed E-state index contributed by atoms with van der Waals surface area (Å²) >= 11 is 0. The molecule has 1 aromatic heterocycles. The molecule has 1 aromatic carbocycles. The number of hydrazone groups is 1. The molecule has 108 valence electrons. The van der Waals surface area contributed by atoms with E-state index in [2.05, 4.69) is 10.5 Å². The van der Waals surface area contributed by atoms with Crippen molar-refractivity contribution in [2.45, 2.75) is 0 Å². The third-order valence-corrected chi connectivity index (χ3v) is 2.86. The van der Waals surface area contributed by atoms with E-state index in [-0.39, 0.29) is 5.56 Å². The molecule has 1 heterocycles. The summed E-state index contributed by atoms with van der Waals surface area (Å²) in [6.45, 7) is 0. The molecule has 0 aliphatic heterocycles. The Kier molecular flexibility index (Phi) is 4.50. The summed E-state index contributed by atoms with van der Waals surface area (Å²) in [5, 5.41) is 3.89. The number of methoxy groups -OCH3 is 1. The van der Waals surface area contributed by atoms with E-state index >= 15 is 0 Å². The van der Waals surface area contributed by atoms with Crippen LogP contribution in [0.1, 0.15) is 15.9 Å². The highest BCUT2D eigenvalue weighted by Crippen LogP contribution is 2.14. The molecule has 0 unspecified atom stereocenters. The van der Waals surface area contributed by atoms with Crippen LogP contribution in [0.4, 0.5) is 0 Å². The average molecular weight is 285 g/mol. The van der Waals surface area contributed by atoms with E-state index in [0.717, 1.165) is 5.56 Å². The maximum Gasteiger partial charge on any atom is 0.272 e. The van der Waals surface area contributed by atoms with Crippen LogP contribution in [-0.4, -0.2) is 23.8 Å². The number of pyridine rings is 1. The number of carbonyl (C=O) groups is 1. The molecule has 21 heavy (non-hydrogen) atoms. The lowest BCUT2D eigenvalue weighted by Gasteiger charge is -2.04. The highest BCUT2D eigenvalue weighted by molar-refractivity contribution is 5.94. The van der Waals surface area contributed by atoms with Gasteiger partial charge in [-0.25, -0.2) is 5.43 Å². The summed E-state index contributed by atoms with van der Waals surface area (Å²) in [5.74, 6) is 0.273. The molecule has 1 amide bonds. The van der Waals surface area contributed by atoms with Gasteiger partial charge < -0.3 is 9.30 Å². The van der Waals surface area contributed by atoms with E-state index in [1.165, 1.54) is 29.1 Å². The maximum absolute atomic E-state index is 11.9. The second kappa shape index (κ2) is 6.51. The predicted octanol–water partition coefficient (Wildman–Crippen LogP) is 1.16. The minimum absolute atomic E-state index is 0.177. The fourth-order valence-electron chi connectivity index (χ4n) is 1.73. The van der Waals surface area contributed by atoms with Crippen molar-refractivity contribution < 1.29 is 9.53 Å². The zero-order valence-electron chi connectivity index (χ0n) is 11.7. The summed E-state index contributed by atoms with van der Waals surface area (Å²) in [7, 11) is 3.15. The maximum atomic E-state index is 11.9. The number of ether oxygens (including phenoxy) is 1. The number of hydrogen-bond donors (Lipinski definition) is 1. The Morgan fingerprint density at radius 3 is 2.76 bits per heavy atom. The lowest BCUT2D eigenvalue weighted by atomic mass is 10.2. The van der Waals surface area contributed by atoms with Crippen molar-refractivity contribution in [2.24, 2.45) is 12.1 Å². The Labute approximate surface area is 121 Å². The van der Waals surface area contributed by atoms with Crippen molar-refractivity contribution in [2.75, 3.05) is 7.11 Å². The van der Waals surface area contributed by atoms with Crippen molar-refractivity contribution in [3.63, 3.8) is 0 Å². The van der Waals surface area contributed by atoms with Crippen LogP contribution in [0.2, 0.25) is 0 Å². The van der Waals surface area contributed by atoms with Gasteiger partial charge in [0.15, 0.2) is 0 Å². The van der Waals surface area contributed by atoms with Crippen LogP contribution in [0.3, 0.4) is 0 Å². The van der Waals surface area contributed by atoms with Gasteiger partial charge >= 0.3 is 0 Å². The number of nitrogens with one attached hydrogen (secondary N) is 1. The van der Waals surface area contributed by atoms with E-state index < -0.39 is 5.91 Å². The molecule has 0 saturated carbocycles. The number of amides is 1. The third-order valence-electron chi connectivity index (χ3n) is 2.86. The lowest BCUT2D eigenvalue weighted by Crippen LogP contribution is -2.22. The Bertz CT molecular complexity index is 735. The second-order valence-corrected chi connectivity index (χ2v) is 4.31. The van der Waals surface area contributed by atoms with Gasteiger partial charge in [-0.1, -0.05) is 12.1 Å². The summed E-state index contributed by atoms with van der Waals surface area (Å²) in [6, 6.07) is 10.1. The first-order valence-corrected chi connectivity index (χ1v) is 6.25. The van der Waals surface area contributed by atoms with E-state index in [4.69, 9.17) is 4.74 Å². The van der Waals surface area contributed by atoms with Crippen LogP contribution in [0.5, 0.6) is 5.75 Å². The molecule has 6 heteroatoms. The summed E-state index contributed by atoms with van der Waals surface area (Å²) in [4.78, 5) is 23.1. The second-order valence-electron chi connectivity index (χ2n) is 4.31. The monoisotopic (exact) mass is 285 g/mol. The topological polar surface area (TPSA) is 72.7 Å². The summed E-state index contributed by atoms with van der Waals surface area (Å²) < 4.78 is 6.51. The zero-order valence-corrected chi connectivity index (χ0v) is 11.7. The predicted molar refractivity (Wildman–Crippen MR) is 79.7 cm³/mol. The Morgan fingerprint density at radius 1 is 1.29 bits per heavy atom. The molecule has 0 radical (unpaired) electrons. The highest BCUT2D eigenvalue weighted by Gasteiger charge is 2.05. The smallest absolute Gasteiger partial charge is 0.272 e. The number of carbonyl (C=O) groups excluding carboxylic acids is 1. The van der Waals surface area contributed by atoms with E-state index in [1.54, 1.807) is 20.2 Å². The quantitative estimate of drug-likeness (QED) is 0.676. The number of hydrogen-bond acceptors (Lipinski definition) is 4. The van der Waals surface area contributed by atoms with Crippen molar-refractivity contribution in [1.82, 2.24) is 9.99 Å². The lowest BCUT2D eigenvalue weighted by molar-refractivity contribution is 0.0954. The molecule has 6 nitrogen and oxygen atoms in total. The van der Waals surface area contributed by atoms with Crippen LogP contribution in [0, 0.1) is 0 Å². The number of aromatic nitrogens is 1. The Balaban J connectivity index is 2.08. The van der Waals surface area contributed by atoms with E-state index in [1.807, 2.05) is 18.2 Å². The molecule has 0 saturated heterocycles. The van der Waals surface area contributed by atoms with Gasteiger partial charge in [0.05, 0.1) is 18.9 Å².